The SMILES string of the molecule is C=CCO[Si](C)(C)C(C)(C)C.OB(O)O. The van der Waals surface area contributed by atoms with E-state index < -0.39 is 15.6 Å². The maximum atomic E-state index is 7.17. The highest BCUT2D eigenvalue weighted by molar-refractivity contribution is 6.74. The second-order valence-electron chi connectivity index (χ2n) is 4.71. The quantitative estimate of drug-likeness (QED) is 0.506. The van der Waals surface area contributed by atoms with Gasteiger partial charge in [0, 0.05) is 0 Å². The molecule has 0 aromatic heterocycles. The smallest absolute Gasteiger partial charge is 0.413 e. The highest BCUT2D eigenvalue weighted by atomic mass is 28.4. The fourth-order valence-electron chi connectivity index (χ4n) is 0.484. The molecule has 0 bridgehead atoms. The van der Waals surface area contributed by atoms with E-state index >= 15 is 0 Å². The Kier molecular flexibility index (Phi) is 8.27. The van der Waals surface area contributed by atoms with Crippen molar-refractivity contribution >= 4 is 15.6 Å². The Morgan fingerprint density at radius 2 is 1.60 bits per heavy atom. The number of hydrogen-bond donors (Lipinski definition) is 3. The van der Waals surface area contributed by atoms with Crippen molar-refractivity contribution in [3.63, 3.8) is 0 Å². The summed E-state index contributed by atoms with van der Waals surface area (Å²) in [6, 6.07) is 0. The first-order chi connectivity index (χ1) is 6.54. The normalized spacial score (nSPS) is 11.5. The summed E-state index contributed by atoms with van der Waals surface area (Å²) in [6.45, 7) is 15.5. The van der Waals surface area contributed by atoms with Crippen LogP contribution in [0.5, 0.6) is 0 Å². The van der Waals surface area contributed by atoms with Crippen LogP contribution in [0.15, 0.2) is 12.7 Å². The maximum absolute atomic E-state index is 7.17. The molecular formula is C9H23BO4Si. The van der Waals surface area contributed by atoms with Gasteiger partial charge in [-0.05, 0) is 18.1 Å². The van der Waals surface area contributed by atoms with E-state index in [-0.39, 0.29) is 0 Å². The third-order valence-corrected chi connectivity index (χ3v) is 6.87. The molecule has 0 aliphatic rings. The molecule has 0 spiro atoms. The van der Waals surface area contributed by atoms with Crippen molar-refractivity contribution in [3.8, 4) is 0 Å². The molecule has 0 unspecified atom stereocenters. The molecule has 0 aromatic rings. The Bertz CT molecular complexity index is 175. The molecule has 3 N–H and O–H groups in total. The molecule has 90 valence electrons. The van der Waals surface area contributed by atoms with E-state index in [0.717, 1.165) is 0 Å². The maximum Gasteiger partial charge on any atom is 0.631 e. The lowest BCUT2D eigenvalue weighted by Crippen LogP contribution is -2.40. The van der Waals surface area contributed by atoms with E-state index in [4.69, 9.17) is 19.5 Å². The first-order valence-electron chi connectivity index (χ1n) is 4.83. The van der Waals surface area contributed by atoms with Gasteiger partial charge in [-0.25, -0.2) is 0 Å². The summed E-state index contributed by atoms with van der Waals surface area (Å²) >= 11 is 0. The van der Waals surface area contributed by atoms with E-state index in [0.29, 0.717) is 11.6 Å². The zero-order chi connectivity index (χ0) is 12.7. The van der Waals surface area contributed by atoms with Crippen LogP contribution < -0.4 is 0 Å². The zero-order valence-electron chi connectivity index (χ0n) is 10.3. The van der Waals surface area contributed by atoms with Crippen molar-refractivity contribution in [2.45, 2.75) is 38.9 Å². The molecule has 6 heteroatoms. The summed E-state index contributed by atoms with van der Waals surface area (Å²) in [5.41, 5.74) is 0. The molecule has 4 nitrogen and oxygen atoms in total. The van der Waals surface area contributed by atoms with E-state index in [9.17, 15) is 0 Å². The van der Waals surface area contributed by atoms with Crippen molar-refractivity contribution in [3.05, 3.63) is 12.7 Å². The molecule has 0 amide bonds. The highest BCUT2D eigenvalue weighted by Crippen LogP contribution is 2.36. The van der Waals surface area contributed by atoms with Crippen LogP contribution in [0.4, 0.5) is 0 Å². The molecule has 0 aliphatic carbocycles. The third-order valence-electron chi connectivity index (χ3n) is 2.37. The van der Waals surface area contributed by atoms with Crippen molar-refractivity contribution < 1.29 is 19.5 Å². The third kappa shape index (κ3) is 10.2. The first kappa shape index (κ1) is 17.3. The summed E-state index contributed by atoms with van der Waals surface area (Å²) in [5.74, 6) is 0. The molecule has 0 saturated heterocycles. The van der Waals surface area contributed by atoms with Gasteiger partial charge in [-0.2, -0.15) is 0 Å². The van der Waals surface area contributed by atoms with Crippen molar-refractivity contribution in [2.75, 3.05) is 6.61 Å². The summed E-state index contributed by atoms with van der Waals surface area (Å²) in [4.78, 5) is 0. The van der Waals surface area contributed by atoms with Crippen molar-refractivity contribution in [1.82, 2.24) is 0 Å². The Balaban J connectivity index is 0. The average Bonchev–Trinajstić information content (AvgIpc) is 1.97. The van der Waals surface area contributed by atoms with Crippen LogP contribution >= 0.6 is 0 Å². The van der Waals surface area contributed by atoms with E-state index in [1.54, 1.807) is 0 Å². The predicted molar refractivity (Wildman–Crippen MR) is 65.8 cm³/mol. The van der Waals surface area contributed by atoms with Gasteiger partial charge in [0.25, 0.3) is 0 Å². The Labute approximate surface area is 93.9 Å². The molecule has 0 atom stereocenters. The fourth-order valence-corrected chi connectivity index (χ4v) is 1.45. The van der Waals surface area contributed by atoms with Crippen LogP contribution in [-0.2, 0) is 4.43 Å². The second kappa shape index (κ2) is 7.19. The Morgan fingerprint density at radius 3 is 1.80 bits per heavy atom. The van der Waals surface area contributed by atoms with Crippen LogP contribution in [0.25, 0.3) is 0 Å². The summed E-state index contributed by atoms with van der Waals surface area (Å²) in [6.07, 6.45) is 1.82. The molecular weight excluding hydrogens is 211 g/mol. The van der Waals surface area contributed by atoms with Gasteiger partial charge in [0.05, 0.1) is 6.61 Å². The van der Waals surface area contributed by atoms with Crippen LogP contribution in [0.2, 0.25) is 18.1 Å². The van der Waals surface area contributed by atoms with Gasteiger partial charge in [0.1, 0.15) is 0 Å². The Morgan fingerprint density at radius 1 is 1.27 bits per heavy atom. The predicted octanol–water partition coefficient (Wildman–Crippen LogP) is 1.14. The zero-order valence-corrected chi connectivity index (χ0v) is 11.3. The standard InChI is InChI=1S/C9H20OSi.BH3O3/c1-7-8-10-11(5,6)9(2,3)4;2-1(3)4/h7H,1,8H2,2-6H3;2-4H. The molecule has 0 fully saturated rings. The van der Waals surface area contributed by atoms with Crippen molar-refractivity contribution in [1.29, 1.82) is 0 Å². The summed E-state index contributed by atoms with van der Waals surface area (Å²) in [7, 11) is -3.66. The molecule has 0 saturated carbocycles. The van der Waals surface area contributed by atoms with E-state index in [2.05, 4.69) is 40.4 Å². The molecule has 0 heterocycles. The first-order valence-corrected chi connectivity index (χ1v) is 7.74. The molecule has 0 aromatic carbocycles. The lowest BCUT2D eigenvalue weighted by Gasteiger charge is -2.35. The second-order valence-corrected chi connectivity index (χ2v) is 9.52. The van der Waals surface area contributed by atoms with Gasteiger partial charge in [-0.1, -0.05) is 26.8 Å². The summed E-state index contributed by atoms with van der Waals surface area (Å²) in [5, 5.41) is 21.8. The van der Waals surface area contributed by atoms with Crippen LogP contribution in [0, 0.1) is 0 Å². The van der Waals surface area contributed by atoms with Gasteiger partial charge in [-0.3, -0.25) is 0 Å². The minimum atomic E-state index is -2.17. The van der Waals surface area contributed by atoms with Gasteiger partial charge < -0.3 is 19.5 Å². The van der Waals surface area contributed by atoms with E-state index in [1.165, 1.54) is 0 Å². The average molecular weight is 234 g/mol. The van der Waals surface area contributed by atoms with Crippen molar-refractivity contribution in [2.24, 2.45) is 0 Å². The lowest BCUT2D eigenvalue weighted by molar-refractivity contribution is 0.278. The fraction of sp³-hybridized carbons (Fsp3) is 0.778. The van der Waals surface area contributed by atoms with Crippen LogP contribution in [-0.4, -0.2) is 37.3 Å². The minimum Gasteiger partial charge on any atom is -0.413 e. The summed E-state index contributed by atoms with van der Waals surface area (Å²) < 4.78 is 5.76. The minimum absolute atomic E-state index is 0.315. The van der Waals surface area contributed by atoms with Gasteiger partial charge in [0.2, 0.25) is 0 Å². The van der Waals surface area contributed by atoms with Crippen LogP contribution in [0.3, 0.4) is 0 Å². The van der Waals surface area contributed by atoms with Gasteiger partial charge in [0.15, 0.2) is 8.32 Å². The van der Waals surface area contributed by atoms with Gasteiger partial charge in [-0.15, -0.1) is 6.58 Å². The molecule has 0 aliphatic heterocycles. The lowest BCUT2D eigenvalue weighted by atomic mass is 10.2. The molecule has 15 heavy (non-hydrogen) atoms. The van der Waals surface area contributed by atoms with Crippen LogP contribution in [0.1, 0.15) is 20.8 Å². The monoisotopic (exact) mass is 234 g/mol. The van der Waals surface area contributed by atoms with Gasteiger partial charge >= 0.3 is 7.32 Å². The Hall–Kier alpha value is -0.138. The highest BCUT2D eigenvalue weighted by Gasteiger charge is 2.36. The van der Waals surface area contributed by atoms with E-state index in [1.807, 2.05) is 6.08 Å². The topological polar surface area (TPSA) is 69.9 Å². The largest absolute Gasteiger partial charge is 0.631 e. The molecule has 0 rings (SSSR count). The number of rotatable bonds is 3. The number of hydrogen-bond acceptors (Lipinski definition) is 4. The molecule has 0 radical (unpaired) electrons.